The lowest BCUT2D eigenvalue weighted by Crippen LogP contribution is -2.52. The first-order valence-corrected chi connectivity index (χ1v) is 16.0. The average molecular weight is 570 g/mol. The molecule has 5 aliphatic rings. The average Bonchev–Trinajstić information content (AvgIpc) is 3.40. The highest BCUT2D eigenvalue weighted by Gasteiger charge is 2.69. The summed E-state index contributed by atoms with van der Waals surface area (Å²) >= 11 is 0. The molecule has 6 rings (SSSR count). The fourth-order valence-corrected chi connectivity index (χ4v) is 10.8. The van der Waals surface area contributed by atoms with Crippen molar-refractivity contribution < 1.29 is 14.9 Å². The smallest absolute Gasteiger partial charge is 0.333 e. The van der Waals surface area contributed by atoms with Gasteiger partial charge < -0.3 is 20.7 Å². The van der Waals surface area contributed by atoms with Crippen LogP contribution in [-0.2, 0) is 24.4 Å². The molecule has 8 heteroatoms. The van der Waals surface area contributed by atoms with Crippen LogP contribution in [0.25, 0.3) is 0 Å². The first kappa shape index (κ1) is 29.2. The summed E-state index contributed by atoms with van der Waals surface area (Å²) in [4.78, 5) is 26.4. The summed E-state index contributed by atoms with van der Waals surface area (Å²) < 4.78 is 9.47. The van der Waals surface area contributed by atoms with Gasteiger partial charge in [-0.3, -0.25) is 13.9 Å². The molecule has 0 bridgehead atoms. The third-order valence-corrected chi connectivity index (χ3v) is 13.3. The van der Waals surface area contributed by atoms with Gasteiger partial charge in [-0.1, -0.05) is 39.3 Å². The predicted molar refractivity (Wildman–Crippen MR) is 158 cm³/mol. The Morgan fingerprint density at radius 2 is 1.88 bits per heavy atom. The van der Waals surface area contributed by atoms with Crippen molar-refractivity contribution in [1.29, 1.82) is 0 Å². The Labute approximate surface area is 244 Å². The van der Waals surface area contributed by atoms with Crippen LogP contribution < -0.4 is 17.0 Å². The highest BCUT2D eigenvalue weighted by molar-refractivity contribution is 5.34. The fraction of sp³-hybridized carbons (Fsp3) is 0.818. The standard InChI is InChI=1S/C33H51N3O5/c1-18(17-34)9-14-33(27-28(38)35(5)30(40)36(6)29(27)39)19(2)26-25(41-33)16-24-22-8-7-20-15-21(37)10-12-31(20,3)23(22)11-13-32(24,26)4/h7,18-19,21-26,37-38H,8-17,34H2,1-6H3/t18-,19+,21+,22+,23+,24+,25-,26+,31-,32-,33+/m0/s1. The maximum atomic E-state index is 13.7. The SMILES string of the molecule is C[C@H](CN)CC[C@@]1(c2c(O)n(C)c(=O)n(C)c2=O)O[C@H]2C[C@@H]3[C@@H]4CC=C5C[C@H](O)CC[C@]5(C)[C@@H]4CC[C@]3(C)[C@@H]2[C@H]1C. The van der Waals surface area contributed by atoms with Crippen LogP contribution >= 0.6 is 0 Å². The molecule has 41 heavy (non-hydrogen) atoms. The number of hydrogen-bond donors (Lipinski definition) is 3. The molecule has 4 aliphatic carbocycles. The number of hydrogen-bond acceptors (Lipinski definition) is 6. The van der Waals surface area contributed by atoms with Crippen LogP contribution in [0.15, 0.2) is 21.2 Å². The van der Waals surface area contributed by atoms with Crippen molar-refractivity contribution in [2.75, 3.05) is 6.54 Å². The van der Waals surface area contributed by atoms with E-state index in [2.05, 4.69) is 33.8 Å². The minimum Gasteiger partial charge on any atom is -0.494 e. The molecule has 0 spiro atoms. The van der Waals surface area contributed by atoms with E-state index in [-0.39, 0.29) is 52.2 Å². The van der Waals surface area contributed by atoms with E-state index in [4.69, 9.17) is 10.5 Å². The van der Waals surface area contributed by atoms with Crippen molar-refractivity contribution in [3.63, 3.8) is 0 Å². The zero-order valence-corrected chi connectivity index (χ0v) is 25.9. The number of rotatable bonds is 5. The number of ether oxygens (including phenoxy) is 1. The highest BCUT2D eigenvalue weighted by atomic mass is 16.5. The molecule has 0 radical (unpaired) electrons. The predicted octanol–water partition coefficient (Wildman–Crippen LogP) is 3.94. The summed E-state index contributed by atoms with van der Waals surface area (Å²) in [5.41, 5.74) is 6.02. The van der Waals surface area contributed by atoms with Crippen molar-refractivity contribution in [3.05, 3.63) is 38.1 Å². The molecule has 0 aromatic carbocycles. The van der Waals surface area contributed by atoms with Gasteiger partial charge in [0.1, 0.15) is 11.2 Å². The topological polar surface area (TPSA) is 120 Å². The van der Waals surface area contributed by atoms with Gasteiger partial charge in [-0.05, 0) is 111 Å². The monoisotopic (exact) mass is 569 g/mol. The molecule has 4 N–H and O–H groups in total. The van der Waals surface area contributed by atoms with Crippen LogP contribution in [0.1, 0.15) is 91.0 Å². The third kappa shape index (κ3) is 3.95. The second-order valence-corrected chi connectivity index (χ2v) is 15.1. The van der Waals surface area contributed by atoms with Crippen LogP contribution in [0.3, 0.4) is 0 Å². The van der Waals surface area contributed by atoms with Crippen molar-refractivity contribution in [2.24, 2.45) is 66.2 Å². The minimum atomic E-state index is -0.973. The minimum absolute atomic E-state index is 0.000339. The molecular weight excluding hydrogens is 518 g/mol. The zero-order chi connectivity index (χ0) is 29.6. The normalized spacial score (nSPS) is 44.0. The van der Waals surface area contributed by atoms with Gasteiger partial charge in [0.15, 0.2) is 0 Å². The van der Waals surface area contributed by atoms with E-state index in [9.17, 15) is 19.8 Å². The molecule has 4 fully saturated rings. The molecule has 1 saturated heterocycles. The van der Waals surface area contributed by atoms with E-state index in [1.807, 2.05) is 0 Å². The van der Waals surface area contributed by atoms with Crippen LogP contribution in [0.2, 0.25) is 0 Å². The van der Waals surface area contributed by atoms with Crippen molar-refractivity contribution >= 4 is 0 Å². The lowest BCUT2D eigenvalue weighted by molar-refractivity contribution is -0.0933. The van der Waals surface area contributed by atoms with Gasteiger partial charge in [-0.25, -0.2) is 4.79 Å². The second kappa shape index (κ2) is 9.81. The quantitative estimate of drug-likeness (QED) is 0.462. The second-order valence-electron chi connectivity index (χ2n) is 15.1. The van der Waals surface area contributed by atoms with Gasteiger partial charge in [0.2, 0.25) is 5.88 Å². The number of nitrogens with two attached hydrogens (primary N) is 1. The molecule has 0 unspecified atom stereocenters. The molecule has 8 nitrogen and oxygen atoms in total. The molecule has 2 heterocycles. The molecule has 11 atom stereocenters. The molecular formula is C33H51N3O5. The Balaban J connectivity index is 1.39. The fourth-order valence-electron chi connectivity index (χ4n) is 10.8. The molecule has 1 aliphatic heterocycles. The first-order chi connectivity index (χ1) is 19.3. The van der Waals surface area contributed by atoms with Crippen molar-refractivity contribution in [1.82, 2.24) is 9.13 Å². The van der Waals surface area contributed by atoms with Crippen molar-refractivity contribution in [3.8, 4) is 5.88 Å². The Morgan fingerprint density at radius 3 is 2.59 bits per heavy atom. The number of aromatic hydroxyl groups is 1. The number of allylic oxidation sites excluding steroid dienone is 1. The molecule has 1 aromatic heterocycles. The molecule has 228 valence electrons. The van der Waals surface area contributed by atoms with Gasteiger partial charge >= 0.3 is 5.69 Å². The number of aliphatic hydroxyl groups is 1. The van der Waals surface area contributed by atoms with E-state index < -0.39 is 16.9 Å². The lowest BCUT2D eigenvalue weighted by Gasteiger charge is -2.58. The Kier molecular flexibility index (Phi) is 6.99. The Bertz CT molecular complexity index is 1370. The number of aliphatic hydroxyl groups excluding tert-OH is 1. The number of nitrogens with zero attached hydrogens (tertiary/aromatic N) is 2. The Hall–Kier alpha value is -1.90. The molecule has 3 saturated carbocycles. The van der Waals surface area contributed by atoms with E-state index in [0.29, 0.717) is 30.7 Å². The number of fused-ring (bicyclic) bond motifs is 7. The summed E-state index contributed by atoms with van der Waals surface area (Å²) in [5.74, 6) is 2.01. The maximum absolute atomic E-state index is 13.7. The summed E-state index contributed by atoms with van der Waals surface area (Å²) in [6.07, 6.45) is 10.8. The third-order valence-electron chi connectivity index (χ3n) is 13.3. The highest BCUT2D eigenvalue weighted by Crippen LogP contribution is 2.71. The van der Waals surface area contributed by atoms with Gasteiger partial charge in [-0.15, -0.1) is 0 Å². The first-order valence-electron chi connectivity index (χ1n) is 16.0. The molecule has 1 aromatic rings. The lowest BCUT2D eigenvalue weighted by atomic mass is 9.46. The van der Waals surface area contributed by atoms with E-state index in [1.165, 1.54) is 30.7 Å². The van der Waals surface area contributed by atoms with Gasteiger partial charge in [-0.2, -0.15) is 0 Å². The summed E-state index contributed by atoms with van der Waals surface area (Å²) in [6.45, 7) is 9.82. The van der Waals surface area contributed by atoms with Crippen LogP contribution in [-0.4, -0.2) is 38.1 Å². The summed E-state index contributed by atoms with van der Waals surface area (Å²) in [5, 5.41) is 21.7. The van der Waals surface area contributed by atoms with E-state index in [0.717, 1.165) is 49.5 Å². The van der Waals surface area contributed by atoms with Gasteiger partial charge in [0.25, 0.3) is 5.56 Å². The Morgan fingerprint density at radius 1 is 1.15 bits per heavy atom. The van der Waals surface area contributed by atoms with Crippen LogP contribution in [0, 0.1) is 46.3 Å². The number of aromatic nitrogens is 2. The van der Waals surface area contributed by atoms with Gasteiger partial charge in [0.05, 0.1) is 12.2 Å². The van der Waals surface area contributed by atoms with Crippen LogP contribution in [0.4, 0.5) is 0 Å². The largest absolute Gasteiger partial charge is 0.494 e. The van der Waals surface area contributed by atoms with Gasteiger partial charge in [0, 0.05) is 14.1 Å². The van der Waals surface area contributed by atoms with Crippen LogP contribution in [0.5, 0.6) is 5.88 Å². The molecule has 0 amide bonds. The maximum Gasteiger partial charge on any atom is 0.333 e. The zero-order valence-electron chi connectivity index (χ0n) is 25.9. The summed E-state index contributed by atoms with van der Waals surface area (Å²) in [6, 6.07) is 0. The van der Waals surface area contributed by atoms with Crippen molar-refractivity contribution in [2.45, 2.75) is 103 Å². The van der Waals surface area contributed by atoms with E-state index >= 15 is 0 Å². The van der Waals surface area contributed by atoms with E-state index in [1.54, 1.807) is 0 Å². The summed E-state index contributed by atoms with van der Waals surface area (Å²) in [7, 11) is 3.00.